The van der Waals surface area contributed by atoms with Crippen molar-refractivity contribution < 1.29 is 18.0 Å². The van der Waals surface area contributed by atoms with Crippen LogP contribution in [-0.2, 0) is 6.18 Å². The molecule has 2 amide bonds. The van der Waals surface area contributed by atoms with Crippen molar-refractivity contribution in [1.82, 2.24) is 14.7 Å². The Kier molecular flexibility index (Phi) is 4.41. The molecule has 2 aromatic heterocycles. The van der Waals surface area contributed by atoms with Gasteiger partial charge in [0.2, 0.25) is 0 Å². The van der Waals surface area contributed by atoms with Gasteiger partial charge in [0, 0.05) is 24.3 Å². The van der Waals surface area contributed by atoms with Crippen LogP contribution in [0.5, 0.6) is 0 Å². The summed E-state index contributed by atoms with van der Waals surface area (Å²) in [6.45, 7) is 0. The Bertz CT molecular complexity index is 857. The topological polar surface area (TPSA) is 98.9 Å². The Hall–Kier alpha value is -2.56. The smallest absolute Gasteiger partial charge is 0.344 e. The maximum absolute atomic E-state index is 13.1. The summed E-state index contributed by atoms with van der Waals surface area (Å²) in [5.41, 5.74) is -1.10. The number of H-pyrrole nitrogens is 1. The molecular formula is C14H14F3N5O2S. The van der Waals surface area contributed by atoms with E-state index in [1.54, 1.807) is 0 Å². The number of carbonyl (C=O) groups is 1. The number of pyridine rings is 1. The van der Waals surface area contributed by atoms with Crippen molar-refractivity contribution in [3.63, 3.8) is 0 Å². The molecule has 0 unspecified atom stereocenters. The van der Waals surface area contributed by atoms with Gasteiger partial charge in [0.05, 0.1) is 0 Å². The van der Waals surface area contributed by atoms with Crippen LogP contribution in [0.3, 0.4) is 0 Å². The van der Waals surface area contributed by atoms with Crippen LogP contribution >= 0.6 is 11.5 Å². The van der Waals surface area contributed by atoms with Gasteiger partial charge in [-0.2, -0.15) is 13.2 Å². The standard InChI is InChI=1S/C14H14F3N5O2S/c1-18-13(24)21-10-11(23)22-25-12(10)19-7-4-8(6-2-3-6)20-9(5-7)14(15,16)17/h4-6H,2-3H2,1H3,(H,19,20)(H,22,23)(H2,18,21,24). The average molecular weight is 373 g/mol. The highest BCUT2D eigenvalue weighted by atomic mass is 32.1. The van der Waals surface area contributed by atoms with Crippen molar-refractivity contribution in [3.8, 4) is 0 Å². The van der Waals surface area contributed by atoms with Gasteiger partial charge in [-0.15, -0.1) is 0 Å². The Morgan fingerprint density at radius 1 is 1.36 bits per heavy atom. The number of rotatable bonds is 4. The number of halogens is 3. The molecule has 2 aromatic rings. The molecule has 1 aliphatic rings. The van der Waals surface area contributed by atoms with Gasteiger partial charge in [-0.25, -0.2) is 9.78 Å². The minimum Gasteiger partial charge on any atom is -0.344 e. The van der Waals surface area contributed by atoms with Gasteiger partial charge < -0.3 is 16.0 Å². The maximum Gasteiger partial charge on any atom is 0.433 e. The molecule has 0 radical (unpaired) electrons. The third-order valence-corrected chi connectivity index (χ3v) is 4.35. The third kappa shape index (κ3) is 3.92. The summed E-state index contributed by atoms with van der Waals surface area (Å²) in [6, 6.07) is 1.79. The minimum absolute atomic E-state index is 0.0243. The number of nitrogens with zero attached hydrogens (tertiary/aromatic N) is 1. The first-order valence-corrected chi connectivity index (χ1v) is 8.16. The third-order valence-electron chi connectivity index (χ3n) is 3.55. The second-order valence-electron chi connectivity index (χ2n) is 5.50. The fraction of sp³-hybridized carbons (Fsp3) is 0.357. The Balaban J connectivity index is 1.94. The van der Waals surface area contributed by atoms with E-state index < -0.39 is 23.5 Å². The molecule has 11 heteroatoms. The highest BCUT2D eigenvalue weighted by Gasteiger charge is 2.35. The molecule has 0 aromatic carbocycles. The molecule has 0 aliphatic heterocycles. The Labute approximate surface area is 143 Å². The van der Waals surface area contributed by atoms with Gasteiger partial charge in [0.15, 0.2) is 0 Å². The van der Waals surface area contributed by atoms with Gasteiger partial charge in [-0.05, 0) is 36.5 Å². The molecule has 1 fully saturated rings. The molecule has 0 bridgehead atoms. The number of urea groups is 1. The van der Waals surface area contributed by atoms with E-state index in [0.29, 0.717) is 5.69 Å². The molecule has 25 heavy (non-hydrogen) atoms. The maximum atomic E-state index is 13.1. The molecule has 0 saturated heterocycles. The molecule has 4 N–H and O–H groups in total. The molecule has 0 atom stereocenters. The lowest BCUT2D eigenvalue weighted by atomic mass is 10.2. The van der Waals surface area contributed by atoms with Gasteiger partial charge in [-0.1, -0.05) is 0 Å². The van der Waals surface area contributed by atoms with Crippen molar-refractivity contribution in [2.75, 3.05) is 17.7 Å². The molecule has 2 heterocycles. The monoisotopic (exact) mass is 373 g/mol. The van der Waals surface area contributed by atoms with E-state index in [2.05, 4.69) is 25.3 Å². The lowest BCUT2D eigenvalue weighted by Gasteiger charge is -2.12. The van der Waals surface area contributed by atoms with Crippen LogP contribution in [0.25, 0.3) is 0 Å². The lowest BCUT2D eigenvalue weighted by Crippen LogP contribution is -2.27. The second-order valence-corrected chi connectivity index (χ2v) is 6.32. The molecule has 134 valence electrons. The number of hydrogen-bond donors (Lipinski definition) is 4. The van der Waals surface area contributed by atoms with E-state index in [0.717, 1.165) is 30.4 Å². The highest BCUT2D eigenvalue weighted by Crippen LogP contribution is 2.42. The second kappa shape index (κ2) is 6.39. The van der Waals surface area contributed by atoms with Crippen LogP contribution < -0.4 is 21.5 Å². The van der Waals surface area contributed by atoms with Crippen molar-refractivity contribution in [1.29, 1.82) is 0 Å². The molecule has 1 saturated carbocycles. The molecule has 3 rings (SSSR count). The zero-order chi connectivity index (χ0) is 18.2. The van der Waals surface area contributed by atoms with E-state index in [4.69, 9.17) is 0 Å². The largest absolute Gasteiger partial charge is 0.433 e. The van der Waals surface area contributed by atoms with Crippen molar-refractivity contribution >= 4 is 33.9 Å². The summed E-state index contributed by atoms with van der Waals surface area (Å²) < 4.78 is 41.6. The highest BCUT2D eigenvalue weighted by molar-refractivity contribution is 7.11. The molecular weight excluding hydrogens is 359 g/mol. The van der Waals surface area contributed by atoms with E-state index in [9.17, 15) is 22.8 Å². The molecule has 7 nitrogen and oxygen atoms in total. The number of amides is 2. The normalized spacial score (nSPS) is 14.2. The number of hydrogen-bond acceptors (Lipinski definition) is 5. The van der Waals surface area contributed by atoms with Crippen molar-refractivity contribution in [2.24, 2.45) is 0 Å². The van der Waals surface area contributed by atoms with Crippen LogP contribution in [0.15, 0.2) is 16.9 Å². The number of anilines is 3. The Morgan fingerprint density at radius 2 is 2.08 bits per heavy atom. The lowest BCUT2D eigenvalue weighted by molar-refractivity contribution is -0.141. The fourth-order valence-electron chi connectivity index (χ4n) is 2.17. The first kappa shape index (κ1) is 17.3. The summed E-state index contributed by atoms with van der Waals surface area (Å²) in [7, 11) is 1.38. The van der Waals surface area contributed by atoms with E-state index in [1.165, 1.54) is 13.1 Å². The zero-order valence-electron chi connectivity index (χ0n) is 13.0. The summed E-state index contributed by atoms with van der Waals surface area (Å²) in [5.74, 6) is 0.0243. The van der Waals surface area contributed by atoms with Crippen LogP contribution in [0, 0.1) is 0 Å². The average Bonchev–Trinajstić information content (AvgIpc) is 3.35. The van der Waals surface area contributed by atoms with E-state index in [-0.39, 0.29) is 22.3 Å². The van der Waals surface area contributed by atoms with Crippen molar-refractivity contribution in [2.45, 2.75) is 24.9 Å². The van der Waals surface area contributed by atoms with Gasteiger partial charge in [0.25, 0.3) is 5.56 Å². The number of aromatic nitrogens is 2. The van der Waals surface area contributed by atoms with Gasteiger partial charge >= 0.3 is 12.2 Å². The molecule has 1 aliphatic carbocycles. The summed E-state index contributed by atoms with van der Waals surface area (Å²) in [6.07, 6.45) is -2.97. The van der Waals surface area contributed by atoms with Crippen LogP contribution in [0.1, 0.15) is 30.1 Å². The van der Waals surface area contributed by atoms with Crippen LogP contribution in [0.4, 0.5) is 34.3 Å². The van der Waals surface area contributed by atoms with Crippen LogP contribution in [0.2, 0.25) is 0 Å². The Morgan fingerprint density at radius 3 is 2.68 bits per heavy atom. The predicted octanol–water partition coefficient (Wildman–Crippen LogP) is 3.22. The molecule has 0 spiro atoms. The zero-order valence-corrected chi connectivity index (χ0v) is 13.8. The number of nitrogens with one attached hydrogen (secondary N) is 4. The quantitative estimate of drug-likeness (QED) is 0.661. The van der Waals surface area contributed by atoms with Gasteiger partial charge in [-0.3, -0.25) is 9.17 Å². The predicted molar refractivity (Wildman–Crippen MR) is 87.5 cm³/mol. The summed E-state index contributed by atoms with van der Waals surface area (Å²) in [5, 5.41) is 7.60. The number of carbonyl (C=O) groups excluding carboxylic acids is 1. The van der Waals surface area contributed by atoms with Crippen molar-refractivity contribution in [3.05, 3.63) is 33.9 Å². The fourth-order valence-corrected chi connectivity index (χ4v) is 2.88. The van der Waals surface area contributed by atoms with E-state index >= 15 is 0 Å². The SMILES string of the molecule is CNC(=O)Nc1c(Nc2cc(C3CC3)nc(C(F)(F)F)c2)s[nH]c1=O. The first-order valence-electron chi connectivity index (χ1n) is 7.34. The minimum atomic E-state index is -4.57. The van der Waals surface area contributed by atoms with E-state index in [1.807, 2.05) is 0 Å². The van der Waals surface area contributed by atoms with Gasteiger partial charge in [0.1, 0.15) is 16.4 Å². The summed E-state index contributed by atoms with van der Waals surface area (Å²) >= 11 is 0.874. The number of alkyl halides is 3. The summed E-state index contributed by atoms with van der Waals surface area (Å²) in [4.78, 5) is 26.9. The first-order chi connectivity index (χ1) is 11.8. The number of aromatic amines is 1. The van der Waals surface area contributed by atoms with Crippen LogP contribution in [-0.4, -0.2) is 22.4 Å².